The van der Waals surface area contributed by atoms with Gasteiger partial charge in [0.2, 0.25) is 0 Å². The SMILES string of the molecule is Cc1ccccc1SCc1ccc(C=CC(=O)O)cc1. The largest absolute Gasteiger partial charge is 0.478 e. The highest BCUT2D eigenvalue weighted by Crippen LogP contribution is 2.25. The van der Waals surface area contributed by atoms with Crippen molar-refractivity contribution in [1.82, 2.24) is 0 Å². The van der Waals surface area contributed by atoms with E-state index in [2.05, 4.69) is 25.1 Å². The van der Waals surface area contributed by atoms with Gasteiger partial charge in [-0.2, -0.15) is 0 Å². The number of benzene rings is 2. The quantitative estimate of drug-likeness (QED) is 0.653. The monoisotopic (exact) mass is 284 g/mol. The molecular weight excluding hydrogens is 268 g/mol. The van der Waals surface area contributed by atoms with Crippen LogP contribution in [-0.2, 0) is 10.5 Å². The minimum Gasteiger partial charge on any atom is -0.478 e. The van der Waals surface area contributed by atoms with E-state index in [0.29, 0.717) is 0 Å². The van der Waals surface area contributed by atoms with E-state index >= 15 is 0 Å². The Balaban J connectivity index is 1.97. The van der Waals surface area contributed by atoms with Gasteiger partial charge < -0.3 is 5.11 Å². The molecule has 0 unspecified atom stereocenters. The molecule has 2 nitrogen and oxygen atoms in total. The number of hydrogen-bond acceptors (Lipinski definition) is 2. The molecule has 0 atom stereocenters. The third kappa shape index (κ3) is 4.28. The summed E-state index contributed by atoms with van der Waals surface area (Å²) in [6.07, 6.45) is 2.75. The van der Waals surface area contributed by atoms with Gasteiger partial charge in [-0.25, -0.2) is 4.79 Å². The van der Waals surface area contributed by atoms with Crippen LogP contribution >= 0.6 is 11.8 Å². The summed E-state index contributed by atoms with van der Waals surface area (Å²) in [5.74, 6) is -0.0162. The van der Waals surface area contributed by atoms with Gasteiger partial charge in [-0.05, 0) is 35.8 Å². The lowest BCUT2D eigenvalue weighted by Gasteiger charge is -2.05. The minimum absolute atomic E-state index is 0.900. The first-order chi connectivity index (χ1) is 9.65. The molecule has 0 saturated carbocycles. The fraction of sp³-hybridized carbons (Fsp3) is 0.118. The lowest BCUT2D eigenvalue weighted by molar-refractivity contribution is -0.131. The van der Waals surface area contributed by atoms with Crippen molar-refractivity contribution >= 4 is 23.8 Å². The number of aliphatic carboxylic acids is 1. The highest BCUT2D eigenvalue weighted by atomic mass is 32.2. The molecule has 0 aliphatic carbocycles. The summed E-state index contributed by atoms with van der Waals surface area (Å²) in [7, 11) is 0. The second-order valence-corrected chi connectivity index (χ2v) is 5.48. The smallest absolute Gasteiger partial charge is 0.328 e. The van der Waals surface area contributed by atoms with Crippen molar-refractivity contribution in [3.05, 3.63) is 71.3 Å². The topological polar surface area (TPSA) is 37.3 Å². The molecule has 0 spiro atoms. The van der Waals surface area contributed by atoms with Crippen LogP contribution in [0.25, 0.3) is 6.08 Å². The molecule has 3 heteroatoms. The first kappa shape index (κ1) is 14.4. The van der Waals surface area contributed by atoms with E-state index in [1.54, 1.807) is 6.08 Å². The zero-order chi connectivity index (χ0) is 14.4. The van der Waals surface area contributed by atoms with Crippen molar-refractivity contribution in [2.45, 2.75) is 17.6 Å². The Labute approximate surface area is 123 Å². The van der Waals surface area contributed by atoms with Gasteiger partial charge in [0.05, 0.1) is 0 Å². The Morgan fingerprint density at radius 1 is 1.15 bits per heavy atom. The maximum absolute atomic E-state index is 10.4. The molecule has 0 radical (unpaired) electrons. The lowest BCUT2D eigenvalue weighted by Crippen LogP contribution is -1.86. The van der Waals surface area contributed by atoms with E-state index in [-0.39, 0.29) is 0 Å². The van der Waals surface area contributed by atoms with Crippen molar-refractivity contribution in [3.8, 4) is 0 Å². The van der Waals surface area contributed by atoms with E-state index < -0.39 is 5.97 Å². The number of carbonyl (C=O) groups is 1. The van der Waals surface area contributed by atoms with Gasteiger partial charge >= 0.3 is 5.97 Å². The number of hydrogen-bond donors (Lipinski definition) is 1. The number of aryl methyl sites for hydroxylation is 1. The van der Waals surface area contributed by atoms with Crippen molar-refractivity contribution in [1.29, 1.82) is 0 Å². The fourth-order valence-electron chi connectivity index (χ4n) is 1.77. The lowest BCUT2D eigenvalue weighted by atomic mass is 10.1. The number of thioether (sulfide) groups is 1. The van der Waals surface area contributed by atoms with Crippen LogP contribution in [0, 0.1) is 6.92 Å². The number of carboxylic acid groups (broad SMARTS) is 1. The molecule has 1 N–H and O–H groups in total. The van der Waals surface area contributed by atoms with Crippen LogP contribution in [0.1, 0.15) is 16.7 Å². The van der Waals surface area contributed by atoms with Crippen molar-refractivity contribution in [2.75, 3.05) is 0 Å². The standard InChI is InChI=1S/C17H16O2S/c1-13-4-2-3-5-16(13)20-12-15-8-6-14(7-9-15)10-11-17(18)19/h2-11H,12H2,1H3,(H,18,19). The van der Waals surface area contributed by atoms with E-state index in [9.17, 15) is 4.79 Å². The molecular formula is C17H16O2S. The van der Waals surface area contributed by atoms with Crippen LogP contribution in [0.3, 0.4) is 0 Å². The Bertz CT molecular complexity index is 615. The van der Waals surface area contributed by atoms with E-state index in [1.807, 2.05) is 42.1 Å². The van der Waals surface area contributed by atoms with Gasteiger partial charge in [-0.15, -0.1) is 11.8 Å². The van der Waals surface area contributed by atoms with E-state index in [4.69, 9.17) is 5.11 Å². The van der Waals surface area contributed by atoms with Gasteiger partial charge in [0.25, 0.3) is 0 Å². The van der Waals surface area contributed by atoms with Gasteiger partial charge in [0.1, 0.15) is 0 Å². The van der Waals surface area contributed by atoms with Gasteiger partial charge in [-0.1, -0.05) is 42.5 Å². The molecule has 0 bridgehead atoms. The molecule has 2 rings (SSSR count). The van der Waals surface area contributed by atoms with Crippen LogP contribution in [-0.4, -0.2) is 11.1 Å². The molecule has 0 amide bonds. The Kier molecular flexibility index (Phi) is 5.02. The third-order valence-corrected chi connectivity index (χ3v) is 4.13. The van der Waals surface area contributed by atoms with Crippen LogP contribution in [0.15, 0.2) is 59.5 Å². The van der Waals surface area contributed by atoms with Gasteiger partial charge in [-0.3, -0.25) is 0 Å². The highest BCUT2D eigenvalue weighted by molar-refractivity contribution is 7.98. The van der Waals surface area contributed by atoms with E-state index in [1.165, 1.54) is 16.0 Å². The second-order valence-electron chi connectivity index (χ2n) is 4.47. The summed E-state index contributed by atoms with van der Waals surface area (Å²) in [6.45, 7) is 2.11. The van der Waals surface area contributed by atoms with Crippen molar-refractivity contribution < 1.29 is 9.90 Å². The molecule has 20 heavy (non-hydrogen) atoms. The molecule has 0 fully saturated rings. The number of carboxylic acids is 1. The maximum atomic E-state index is 10.4. The summed E-state index contributed by atoms with van der Waals surface area (Å²) in [5, 5.41) is 8.58. The first-order valence-electron chi connectivity index (χ1n) is 6.33. The molecule has 0 aliphatic rings. The average molecular weight is 284 g/mol. The van der Waals surface area contributed by atoms with Crippen LogP contribution in [0.2, 0.25) is 0 Å². The summed E-state index contributed by atoms with van der Waals surface area (Å²) in [6, 6.07) is 16.3. The fourth-order valence-corrected chi connectivity index (χ4v) is 2.76. The summed E-state index contributed by atoms with van der Waals surface area (Å²) >= 11 is 1.81. The van der Waals surface area contributed by atoms with Crippen LogP contribution in [0.4, 0.5) is 0 Å². The maximum Gasteiger partial charge on any atom is 0.328 e. The molecule has 0 heterocycles. The van der Waals surface area contributed by atoms with Gasteiger partial charge in [0.15, 0.2) is 0 Å². The molecule has 0 saturated heterocycles. The minimum atomic E-state index is -0.927. The zero-order valence-electron chi connectivity index (χ0n) is 11.2. The van der Waals surface area contributed by atoms with Gasteiger partial charge in [0, 0.05) is 16.7 Å². The van der Waals surface area contributed by atoms with Crippen LogP contribution in [0.5, 0.6) is 0 Å². The Morgan fingerprint density at radius 2 is 1.85 bits per heavy atom. The summed E-state index contributed by atoms with van der Waals surface area (Å²) in [4.78, 5) is 11.7. The molecule has 2 aromatic rings. The number of rotatable bonds is 5. The van der Waals surface area contributed by atoms with Crippen LogP contribution < -0.4 is 0 Å². The average Bonchev–Trinajstić information content (AvgIpc) is 2.45. The summed E-state index contributed by atoms with van der Waals surface area (Å²) in [5.41, 5.74) is 3.42. The molecule has 2 aromatic carbocycles. The van der Waals surface area contributed by atoms with Crippen molar-refractivity contribution in [3.63, 3.8) is 0 Å². The zero-order valence-corrected chi connectivity index (χ0v) is 12.1. The first-order valence-corrected chi connectivity index (χ1v) is 7.32. The molecule has 0 aliphatic heterocycles. The van der Waals surface area contributed by atoms with Crippen molar-refractivity contribution in [2.24, 2.45) is 0 Å². The summed E-state index contributed by atoms with van der Waals surface area (Å²) < 4.78 is 0. The molecule has 0 aromatic heterocycles. The Morgan fingerprint density at radius 3 is 2.50 bits per heavy atom. The highest BCUT2D eigenvalue weighted by Gasteiger charge is 1.99. The normalized spacial score (nSPS) is 10.8. The van der Waals surface area contributed by atoms with E-state index in [0.717, 1.165) is 17.4 Å². The second kappa shape index (κ2) is 6.96. The molecule has 102 valence electrons. The third-order valence-electron chi connectivity index (χ3n) is 2.89. The predicted molar refractivity (Wildman–Crippen MR) is 83.9 cm³/mol. The predicted octanol–water partition coefficient (Wildman–Crippen LogP) is 4.39. The Hall–Kier alpha value is -2.00.